The van der Waals surface area contributed by atoms with Gasteiger partial charge in [-0.05, 0) is 48.6 Å². The first-order valence-electron chi connectivity index (χ1n) is 11.3. The second-order valence-corrected chi connectivity index (χ2v) is 8.75. The first-order chi connectivity index (χ1) is 18.1. The molecule has 0 radical (unpaired) electrons. The predicted molar refractivity (Wildman–Crippen MR) is 129 cm³/mol. The van der Waals surface area contributed by atoms with Crippen LogP contribution in [0, 0.1) is 0 Å². The number of phenolic OH excluding ortho intramolecular Hbond substituents is 2. The summed E-state index contributed by atoms with van der Waals surface area (Å²) in [6.45, 7) is -2.26. The number of hydrogen-bond acceptors (Lipinski definition) is 12. The number of allylic oxidation sites excluding steroid dienone is 2. The third kappa shape index (κ3) is 4.73. The van der Waals surface area contributed by atoms with Crippen molar-refractivity contribution < 1.29 is 54.1 Å². The molecule has 2 aromatic carbocycles. The lowest BCUT2D eigenvalue weighted by Gasteiger charge is -2.45. The maximum atomic E-state index is 13.3. The van der Waals surface area contributed by atoms with Crippen LogP contribution in [0.25, 0.3) is 0 Å². The normalized spacial score (nSPS) is 19.9. The molecule has 4 rings (SSSR count). The maximum absolute atomic E-state index is 13.3. The minimum atomic E-state index is -2.57. The maximum Gasteiger partial charge on any atom is 0.273 e. The molecule has 38 heavy (non-hydrogen) atoms. The van der Waals surface area contributed by atoms with E-state index in [9.17, 15) is 39.9 Å². The van der Waals surface area contributed by atoms with Crippen LogP contribution in [-0.2, 0) is 9.53 Å². The van der Waals surface area contributed by atoms with Crippen LogP contribution in [0.4, 0.5) is 0 Å². The quantitative estimate of drug-likeness (QED) is 0.239. The summed E-state index contributed by atoms with van der Waals surface area (Å²) >= 11 is 0. The van der Waals surface area contributed by atoms with E-state index >= 15 is 0 Å². The van der Waals surface area contributed by atoms with Crippen molar-refractivity contribution in [2.24, 2.45) is 0 Å². The van der Waals surface area contributed by atoms with Gasteiger partial charge in [0.2, 0.25) is 11.5 Å². The lowest BCUT2D eigenvalue weighted by Crippen LogP contribution is -2.67. The first-order valence-corrected chi connectivity index (χ1v) is 11.3. The molecule has 12 nitrogen and oxygen atoms in total. The zero-order chi connectivity index (χ0) is 27.7. The Kier molecular flexibility index (Phi) is 7.24. The molecule has 0 saturated carbocycles. The molecular weight excluding hydrogens is 502 g/mol. The summed E-state index contributed by atoms with van der Waals surface area (Å²) < 4.78 is 15.6. The molecule has 1 heterocycles. The van der Waals surface area contributed by atoms with Crippen molar-refractivity contribution in [3.63, 3.8) is 0 Å². The van der Waals surface area contributed by atoms with E-state index in [0.29, 0.717) is 11.3 Å². The Balaban J connectivity index is 1.60. The molecule has 0 spiro atoms. The van der Waals surface area contributed by atoms with Crippen molar-refractivity contribution in [3.05, 3.63) is 70.9 Å². The van der Waals surface area contributed by atoms with Gasteiger partial charge in [0.1, 0.15) is 11.3 Å². The van der Waals surface area contributed by atoms with Crippen LogP contribution in [0.2, 0.25) is 0 Å². The number of rotatable bonds is 9. The standard InChI is InChI=1S/C26H25NO11/c1-36-16-4-2-14(3-5-16)20(32)10-37-23-18(30)8-15(9-19(23)31)22(34)17-6-7-21(33)26(35)24(17)27-25(11-28,12-29)13-38-26/h2-9,27-31,35H,10-13H2,1H3. The average Bonchev–Trinajstić information content (AvgIpc) is 2.92. The van der Waals surface area contributed by atoms with E-state index in [-0.39, 0.29) is 11.1 Å². The van der Waals surface area contributed by atoms with Gasteiger partial charge in [-0.3, -0.25) is 14.4 Å². The fourth-order valence-corrected chi connectivity index (χ4v) is 3.94. The molecule has 0 amide bonds. The molecule has 1 aliphatic carbocycles. The van der Waals surface area contributed by atoms with Crippen molar-refractivity contribution in [2.75, 3.05) is 33.5 Å². The highest BCUT2D eigenvalue weighted by Crippen LogP contribution is 2.39. The van der Waals surface area contributed by atoms with E-state index in [1.165, 1.54) is 19.2 Å². The van der Waals surface area contributed by atoms with Crippen LogP contribution < -0.4 is 14.8 Å². The summed E-state index contributed by atoms with van der Waals surface area (Å²) in [7, 11) is 1.48. The number of aliphatic hydroxyl groups excluding tert-OH is 2. The number of nitrogens with one attached hydrogen (secondary N) is 1. The Morgan fingerprint density at radius 2 is 1.66 bits per heavy atom. The molecule has 1 atom stereocenters. The van der Waals surface area contributed by atoms with Gasteiger partial charge in [0, 0.05) is 16.7 Å². The summed E-state index contributed by atoms with van der Waals surface area (Å²) in [6.07, 6.45) is 2.02. The highest BCUT2D eigenvalue weighted by molar-refractivity contribution is 6.15. The number of Topliss-reactive ketones (excluding diaryl/α,β-unsaturated/α-hetero) is 2. The topological polar surface area (TPSA) is 192 Å². The minimum Gasteiger partial charge on any atom is -0.504 e. The zero-order valence-corrected chi connectivity index (χ0v) is 20.1. The van der Waals surface area contributed by atoms with Crippen LogP contribution in [0.3, 0.4) is 0 Å². The molecule has 1 unspecified atom stereocenters. The van der Waals surface area contributed by atoms with Crippen LogP contribution in [0.15, 0.2) is 59.8 Å². The number of carbonyl (C=O) groups is 3. The second kappa shape index (κ2) is 10.3. The van der Waals surface area contributed by atoms with Crippen LogP contribution >= 0.6 is 0 Å². The van der Waals surface area contributed by atoms with E-state index in [4.69, 9.17) is 14.2 Å². The van der Waals surface area contributed by atoms with Gasteiger partial charge in [-0.25, -0.2) is 0 Å². The summed E-state index contributed by atoms with van der Waals surface area (Å²) in [6, 6.07) is 8.17. The smallest absolute Gasteiger partial charge is 0.273 e. The average molecular weight is 527 g/mol. The number of aliphatic hydroxyl groups is 3. The van der Waals surface area contributed by atoms with Crippen molar-refractivity contribution >= 4 is 17.3 Å². The van der Waals surface area contributed by atoms with Crippen molar-refractivity contribution in [3.8, 4) is 23.0 Å². The molecule has 2 aliphatic rings. The zero-order valence-electron chi connectivity index (χ0n) is 20.1. The van der Waals surface area contributed by atoms with Gasteiger partial charge in [-0.15, -0.1) is 0 Å². The highest BCUT2D eigenvalue weighted by atomic mass is 16.6. The predicted octanol–water partition coefficient (Wildman–Crippen LogP) is -0.0244. The number of fused-ring (bicyclic) bond motifs is 1. The molecule has 1 aliphatic heterocycles. The largest absolute Gasteiger partial charge is 0.504 e. The Morgan fingerprint density at radius 3 is 2.24 bits per heavy atom. The van der Waals surface area contributed by atoms with Gasteiger partial charge in [0.15, 0.2) is 29.7 Å². The van der Waals surface area contributed by atoms with E-state index in [1.807, 2.05) is 0 Å². The van der Waals surface area contributed by atoms with Crippen LogP contribution in [-0.4, -0.2) is 87.7 Å². The fraction of sp³-hybridized carbons (Fsp3) is 0.269. The number of ketones is 3. The third-order valence-electron chi connectivity index (χ3n) is 6.21. The number of morpholine rings is 1. The fourth-order valence-electron chi connectivity index (χ4n) is 3.94. The Labute approximate surface area is 216 Å². The summed E-state index contributed by atoms with van der Waals surface area (Å²) in [4.78, 5) is 38.1. The molecule has 6 N–H and O–H groups in total. The Morgan fingerprint density at radius 1 is 1.03 bits per heavy atom. The minimum absolute atomic E-state index is 0.261. The number of methoxy groups -OCH3 is 1. The molecule has 1 fully saturated rings. The second-order valence-electron chi connectivity index (χ2n) is 8.75. The van der Waals surface area contributed by atoms with Gasteiger partial charge in [-0.2, -0.15) is 0 Å². The monoisotopic (exact) mass is 527 g/mol. The van der Waals surface area contributed by atoms with Crippen molar-refractivity contribution in [2.45, 2.75) is 11.3 Å². The number of benzene rings is 2. The van der Waals surface area contributed by atoms with Gasteiger partial charge < -0.3 is 45.1 Å². The van der Waals surface area contributed by atoms with Crippen LogP contribution in [0.1, 0.15) is 20.7 Å². The number of hydrogen-bond donors (Lipinski definition) is 6. The van der Waals surface area contributed by atoms with Gasteiger partial charge in [-0.1, -0.05) is 0 Å². The lowest BCUT2D eigenvalue weighted by atomic mass is 9.87. The molecule has 12 heteroatoms. The van der Waals surface area contributed by atoms with E-state index in [1.54, 1.807) is 12.1 Å². The molecule has 200 valence electrons. The summed E-state index contributed by atoms with van der Waals surface area (Å²) in [5, 5.41) is 53.8. The molecule has 0 bridgehead atoms. The van der Waals surface area contributed by atoms with E-state index < -0.39 is 78.0 Å². The molecule has 1 saturated heterocycles. The van der Waals surface area contributed by atoms with Crippen molar-refractivity contribution in [1.29, 1.82) is 0 Å². The number of ether oxygens (including phenoxy) is 3. The third-order valence-corrected chi connectivity index (χ3v) is 6.21. The highest BCUT2D eigenvalue weighted by Gasteiger charge is 2.52. The molecular formula is C26H25NO11. The molecule has 0 aromatic heterocycles. The van der Waals surface area contributed by atoms with Crippen LogP contribution in [0.5, 0.6) is 23.0 Å². The summed E-state index contributed by atoms with van der Waals surface area (Å²) in [5.41, 5.74) is -2.13. The SMILES string of the molecule is COc1ccc(C(=O)COc2c(O)cc(C(=O)C3=C4NC(CO)(CO)COC4(O)C(=O)C=C3)cc2O)cc1. The lowest BCUT2D eigenvalue weighted by molar-refractivity contribution is -0.212. The van der Waals surface area contributed by atoms with E-state index in [0.717, 1.165) is 24.3 Å². The number of phenols is 2. The Bertz CT molecular complexity index is 1320. The first kappa shape index (κ1) is 26.8. The van der Waals surface area contributed by atoms with Gasteiger partial charge in [0.25, 0.3) is 5.79 Å². The van der Waals surface area contributed by atoms with Gasteiger partial charge >= 0.3 is 0 Å². The number of carbonyl (C=O) groups excluding carboxylic acids is 3. The Hall–Kier alpha value is -4.23. The van der Waals surface area contributed by atoms with Crippen molar-refractivity contribution in [1.82, 2.24) is 5.32 Å². The summed E-state index contributed by atoms with van der Waals surface area (Å²) in [5.74, 6) is -5.95. The van der Waals surface area contributed by atoms with Gasteiger partial charge in [0.05, 0.1) is 32.6 Å². The number of aromatic hydroxyl groups is 2. The molecule has 2 aromatic rings. The van der Waals surface area contributed by atoms with E-state index in [2.05, 4.69) is 5.32 Å².